The second-order valence-corrected chi connectivity index (χ2v) is 8.61. The Labute approximate surface area is 189 Å². The molecule has 7 nitrogen and oxygen atoms in total. The maximum atomic E-state index is 13.4. The standard InChI is InChI=1S/C25H24FN5O2/c1-15-3-10-20(11-16(15)2)31-24-21(13-28-31)23(18-6-7-18)29-30(25(24)33)14-22(32)27-12-17-4-8-19(26)9-5-17/h3-5,8-11,13,18H,6-7,12,14H2,1-2H3,(H,27,32). The SMILES string of the molecule is Cc1ccc(-n2ncc3c(C4CC4)nn(CC(=O)NCc4ccc(F)cc4)c(=O)c32)cc1C. The van der Waals surface area contributed by atoms with Crippen molar-refractivity contribution < 1.29 is 9.18 Å². The molecule has 1 aliphatic carbocycles. The van der Waals surface area contributed by atoms with E-state index in [0.29, 0.717) is 5.52 Å². The lowest BCUT2D eigenvalue weighted by atomic mass is 10.1. The van der Waals surface area contributed by atoms with Gasteiger partial charge in [-0.1, -0.05) is 18.2 Å². The predicted octanol–water partition coefficient (Wildman–Crippen LogP) is 3.53. The highest BCUT2D eigenvalue weighted by Crippen LogP contribution is 2.41. The smallest absolute Gasteiger partial charge is 0.293 e. The molecule has 0 aliphatic heterocycles. The molecule has 0 saturated heterocycles. The lowest BCUT2D eigenvalue weighted by Crippen LogP contribution is -2.34. The maximum absolute atomic E-state index is 13.4. The summed E-state index contributed by atoms with van der Waals surface area (Å²) in [5, 5.41) is 12.6. The van der Waals surface area contributed by atoms with Crippen molar-refractivity contribution in [3.63, 3.8) is 0 Å². The van der Waals surface area contributed by atoms with E-state index in [1.807, 2.05) is 32.0 Å². The summed E-state index contributed by atoms with van der Waals surface area (Å²) in [6, 6.07) is 11.8. The van der Waals surface area contributed by atoms with Gasteiger partial charge in [0.05, 0.1) is 17.6 Å². The highest BCUT2D eigenvalue weighted by molar-refractivity contribution is 5.83. The number of rotatable bonds is 6. The monoisotopic (exact) mass is 445 g/mol. The first-order valence-corrected chi connectivity index (χ1v) is 11.0. The zero-order chi connectivity index (χ0) is 23.1. The quantitative estimate of drug-likeness (QED) is 0.492. The Morgan fingerprint density at radius 2 is 1.88 bits per heavy atom. The lowest BCUT2D eigenvalue weighted by Gasteiger charge is -2.11. The number of nitrogens with zero attached hydrogens (tertiary/aromatic N) is 4. The van der Waals surface area contributed by atoms with E-state index in [1.54, 1.807) is 23.0 Å². The van der Waals surface area contributed by atoms with Gasteiger partial charge in [-0.2, -0.15) is 10.2 Å². The number of aromatic nitrogens is 4. The van der Waals surface area contributed by atoms with Gasteiger partial charge >= 0.3 is 0 Å². The summed E-state index contributed by atoms with van der Waals surface area (Å²) < 4.78 is 16.0. The Hall–Kier alpha value is -3.81. The molecule has 0 unspecified atom stereocenters. The van der Waals surface area contributed by atoms with Gasteiger partial charge in [0, 0.05) is 17.8 Å². The van der Waals surface area contributed by atoms with E-state index in [9.17, 15) is 14.0 Å². The largest absolute Gasteiger partial charge is 0.350 e. The number of carbonyl (C=O) groups excluding carboxylic acids is 1. The summed E-state index contributed by atoms with van der Waals surface area (Å²) in [7, 11) is 0. The second-order valence-electron chi connectivity index (χ2n) is 8.61. The number of carbonyl (C=O) groups is 1. The molecular formula is C25H24FN5O2. The Morgan fingerprint density at radius 1 is 1.12 bits per heavy atom. The van der Waals surface area contributed by atoms with Crippen molar-refractivity contribution in [3.05, 3.63) is 87.2 Å². The van der Waals surface area contributed by atoms with Crippen molar-refractivity contribution in [3.8, 4) is 5.69 Å². The van der Waals surface area contributed by atoms with Crippen LogP contribution in [-0.2, 0) is 17.9 Å². The van der Waals surface area contributed by atoms with E-state index in [4.69, 9.17) is 0 Å². The molecule has 33 heavy (non-hydrogen) atoms. The van der Waals surface area contributed by atoms with Crippen LogP contribution in [0.3, 0.4) is 0 Å². The number of hydrogen-bond acceptors (Lipinski definition) is 4. The van der Waals surface area contributed by atoms with Gasteiger partial charge in [-0.15, -0.1) is 0 Å². The van der Waals surface area contributed by atoms with E-state index in [1.165, 1.54) is 16.8 Å². The molecular weight excluding hydrogens is 421 g/mol. The van der Waals surface area contributed by atoms with Crippen LogP contribution >= 0.6 is 0 Å². The number of fused-ring (bicyclic) bond motifs is 1. The number of nitrogens with one attached hydrogen (secondary N) is 1. The summed E-state index contributed by atoms with van der Waals surface area (Å²) in [5.41, 5.74) is 4.71. The molecule has 5 rings (SSSR count). The summed E-state index contributed by atoms with van der Waals surface area (Å²) in [5.74, 6) is -0.395. The normalized spacial score (nSPS) is 13.4. The predicted molar refractivity (Wildman–Crippen MR) is 123 cm³/mol. The average molecular weight is 445 g/mol. The van der Waals surface area contributed by atoms with E-state index in [2.05, 4.69) is 15.5 Å². The Morgan fingerprint density at radius 3 is 2.58 bits per heavy atom. The van der Waals surface area contributed by atoms with Crippen molar-refractivity contribution in [2.45, 2.75) is 45.7 Å². The van der Waals surface area contributed by atoms with Crippen molar-refractivity contribution in [1.82, 2.24) is 24.9 Å². The zero-order valence-electron chi connectivity index (χ0n) is 18.5. The number of benzene rings is 2. The first kappa shape index (κ1) is 21.1. The molecule has 2 heterocycles. The number of aryl methyl sites for hydroxylation is 2. The number of amides is 1. The van der Waals surface area contributed by atoms with Crippen LogP contribution in [0.5, 0.6) is 0 Å². The second kappa shape index (κ2) is 8.27. The molecule has 1 saturated carbocycles. The highest BCUT2D eigenvalue weighted by Gasteiger charge is 2.30. The molecule has 1 fully saturated rings. The fourth-order valence-electron chi connectivity index (χ4n) is 3.91. The van der Waals surface area contributed by atoms with Crippen LogP contribution in [0, 0.1) is 19.7 Å². The third-order valence-electron chi connectivity index (χ3n) is 6.11. The van der Waals surface area contributed by atoms with Crippen LogP contribution in [0.4, 0.5) is 4.39 Å². The van der Waals surface area contributed by atoms with Gasteiger partial charge in [-0.25, -0.2) is 13.8 Å². The van der Waals surface area contributed by atoms with E-state index in [-0.39, 0.29) is 36.3 Å². The van der Waals surface area contributed by atoms with E-state index in [0.717, 1.165) is 46.3 Å². The fourth-order valence-corrected chi connectivity index (χ4v) is 3.91. The molecule has 2 aromatic heterocycles. The molecule has 4 aromatic rings. The third-order valence-corrected chi connectivity index (χ3v) is 6.11. The van der Waals surface area contributed by atoms with Gasteiger partial charge in [0.25, 0.3) is 5.56 Å². The Bertz CT molecular complexity index is 1420. The van der Waals surface area contributed by atoms with Crippen LogP contribution in [0.25, 0.3) is 16.6 Å². The van der Waals surface area contributed by atoms with Gasteiger partial charge in [-0.3, -0.25) is 9.59 Å². The van der Waals surface area contributed by atoms with Crippen molar-refractivity contribution in [1.29, 1.82) is 0 Å². The van der Waals surface area contributed by atoms with Gasteiger partial charge < -0.3 is 5.32 Å². The maximum Gasteiger partial charge on any atom is 0.293 e. The van der Waals surface area contributed by atoms with Gasteiger partial charge in [0.15, 0.2) is 0 Å². The third kappa shape index (κ3) is 4.16. The van der Waals surface area contributed by atoms with Gasteiger partial charge in [-0.05, 0) is 67.6 Å². The lowest BCUT2D eigenvalue weighted by molar-refractivity contribution is -0.122. The van der Waals surface area contributed by atoms with Crippen LogP contribution in [0.15, 0.2) is 53.5 Å². The van der Waals surface area contributed by atoms with E-state index >= 15 is 0 Å². The molecule has 1 aliphatic rings. The molecule has 168 valence electrons. The number of halogens is 1. The van der Waals surface area contributed by atoms with Crippen LogP contribution in [0.1, 0.15) is 41.1 Å². The Kier molecular flexibility index (Phi) is 5.28. The van der Waals surface area contributed by atoms with Crippen LogP contribution in [-0.4, -0.2) is 25.5 Å². The van der Waals surface area contributed by atoms with E-state index < -0.39 is 0 Å². The highest BCUT2D eigenvalue weighted by atomic mass is 19.1. The Balaban J connectivity index is 1.49. The molecule has 0 bridgehead atoms. The van der Waals surface area contributed by atoms with Crippen LogP contribution < -0.4 is 10.9 Å². The minimum absolute atomic E-state index is 0.201. The number of hydrogen-bond donors (Lipinski definition) is 1. The minimum atomic E-state index is -0.359. The summed E-state index contributed by atoms with van der Waals surface area (Å²) in [6.45, 7) is 4.10. The van der Waals surface area contributed by atoms with Crippen molar-refractivity contribution in [2.24, 2.45) is 0 Å². The minimum Gasteiger partial charge on any atom is -0.350 e. The molecule has 2 aromatic carbocycles. The zero-order valence-corrected chi connectivity index (χ0v) is 18.5. The first-order valence-electron chi connectivity index (χ1n) is 11.0. The molecule has 8 heteroatoms. The van der Waals surface area contributed by atoms with Crippen molar-refractivity contribution in [2.75, 3.05) is 0 Å². The average Bonchev–Trinajstić information content (AvgIpc) is 3.55. The molecule has 1 N–H and O–H groups in total. The summed E-state index contributed by atoms with van der Waals surface area (Å²) in [6.07, 6.45) is 3.71. The molecule has 1 amide bonds. The summed E-state index contributed by atoms with van der Waals surface area (Å²) in [4.78, 5) is 26.0. The summed E-state index contributed by atoms with van der Waals surface area (Å²) >= 11 is 0. The molecule has 0 spiro atoms. The fraction of sp³-hybridized carbons (Fsp3) is 0.280. The first-order chi connectivity index (χ1) is 15.9. The van der Waals surface area contributed by atoms with Crippen molar-refractivity contribution >= 4 is 16.8 Å². The van der Waals surface area contributed by atoms with Gasteiger partial charge in [0.1, 0.15) is 17.9 Å². The molecule has 0 atom stereocenters. The molecule has 0 radical (unpaired) electrons. The van der Waals surface area contributed by atoms with Crippen LogP contribution in [0.2, 0.25) is 0 Å². The van der Waals surface area contributed by atoms with Gasteiger partial charge in [0.2, 0.25) is 5.91 Å². The topological polar surface area (TPSA) is 81.8 Å².